The molecule has 0 aliphatic heterocycles. The molecule has 4 aliphatic rings. The SMILES string of the molecule is O=C(C1=CC(C2=CCCC=C2)C=C(c2ccccc2)C1)c1cc(-c2ccccc2)cc(-c2cccc(-c3c(C4=CCCC=C4)nc(-c4ccccc4)nc3C3C=CC=CC3)c2)c1. The fraction of sp³-hybridized carbons (Fsp3) is 0.136. The smallest absolute Gasteiger partial charge is 0.189 e. The van der Waals surface area contributed by atoms with Crippen LogP contribution < -0.4 is 0 Å². The summed E-state index contributed by atoms with van der Waals surface area (Å²) in [6.45, 7) is 0. The number of carbonyl (C=O) groups is 1. The summed E-state index contributed by atoms with van der Waals surface area (Å²) in [5.41, 5.74) is 15.4. The van der Waals surface area contributed by atoms with Gasteiger partial charge in [0, 0.05) is 40.5 Å². The third-order valence-electron chi connectivity index (χ3n) is 12.3. The third-order valence-corrected chi connectivity index (χ3v) is 12.3. The molecule has 3 nitrogen and oxygen atoms in total. The molecule has 2 atom stereocenters. The van der Waals surface area contributed by atoms with Crippen molar-refractivity contribution in [3.63, 3.8) is 0 Å². The number of carbonyl (C=O) groups excluding carboxylic acids is 1. The number of hydrogen-bond donors (Lipinski definition) is 0. The molecule has 4 aliphatic carbocycles. The lowest BCUT2D eigenvalue weighted by Crippen LogP contribution is -2.13. The van der Waals surface area contributed by atoms with Gasteiger partial charge in [0.25, 0.3) is 0 Å². The van der Waals surface area contributed by atoms with Crippen LogP contribution in [0.5, 0.6) is 0 Å². The number of Topliss-reactive ketones (excluding diaryl/α,β-unsaturated/α-hetero) is 1. The minimum Gasteiger partial charge on any atom is -0.289 e. The molecule has 6 aromatic rings. The number of nitrogens with zero attached hydrogens (tertiary/aromatic N) is 2. The second-order valence-corrected chi connectivity index (χ2v) is 16.5. The first-order valence-corrected chi connectivity index (χ1v) is 22.0. The van der Waals surface area contributed by atoms with Crippen molar-refractivity contribution in [3.8, 4) is 44.8 Å². The average Bonchev–Trinajstić information content (AvgIpc) is 3.37. The van der Waals surface area contributed by atoms with Gasteiger partial charge in [0.2, 0.25) is 0 Å². The molecule has 0 fully saturated rings. The van der Waals surface area contributed by atoms with Gasteiger partial charge in [-0.3, -0.25) is 4.79 Å². The van der Waals surface area contributed by atoms with Gasteiger partial charge < -0.3 is 0 Å². The van der Waals surface area contributed by atoms with Crippen molar-refractivity contribution in [2.24, 2.45) is 5.92 Å². The summed E-state index contributed by atoms with van der Waals surface area (Å²) in [6.07, 6.45) is 32.4. The summed E-state index contributed by atoms with van der Waals surface area (Å²) in [7, 11) is 0. The molecule has 0 N–H and O–H groups in total. The summed E-state index contributed by atoms with van der Waals surface area (Å²) >= 11 is 0. The van der Waals surface area contributed by atoms with Crippen molar-refractivity contribution in [2.45, 2.75) is 44.4 Å². The highest BCUT2D eigenvalue weighted by Gasteiger charge is 2.26. The zero-order chi connectivity index (χ0) is 41.7. The average molecular weight is 801 g/mol. The van der Waals surface area contributed by atoms with Gasteiger partial charge in [0.1, 0.15) is 0 Å². The molecule has 0 spiro atoms. The lowest BCUT2D eigenvalue weighted by Gasteiger charge is -2.23. The largest absolute Gasteiger partial charge is 0.289 e. The highest BCUT2D eigenvalue weighted by Crippen LogP contribution is 2.42. The van der Waals surface area contributed by atoms with Gasteiger partial charge >= 0.3 is 0 Å². The van der Waals surface area contributed by atoms with E-state index >= 15 is 4.79 Å². The number of ketones is 1. The molecule has 2 unspecified atom stereocenters. The van der Waals surface area contributed by atoms with E-state index in [4.69, 9.17) is 9.97 Å². The van der Waals surface area contributed by atoms with Gasteiger partial charge in [-0.1, -0.05) is 182 Å². The first kappa shape index (κ1) is 38.9. The summed E-state index contributed by atoms with van der Waals surface area (Å²) in [4.78, 5) is 25.9. The predicted molar refractivity (Wildman–Crippen MR) is 257 cm³/mol. The van der Waals surface area contributed by atoms with Crippen LogP contribution in [-0.4, -0.2) is 15.8 Å². The van der Waals surface area contributed by atoms with Crippen LogP contribution in [0.2, 0.25) is 0 Å². The Morgan fingerprint density at radius 2 is 1.21 bits per heavy atom. The quantitative estimate of drug-likeness (QED) is 0.130. The van der Waals surface area contributed by atoms with E-state index in [9.17, 15) is 0 Å². The van der Waals surface area contributed by atoms with Crippen molar-refractivity contribution in [3.05, 3.63) is 240 Å². The zero-order valence-electron chi connectivity index (χ0n) is 34.8. The Morgan fingerprint density at radius 1 is 0.548 bits per heavy atom. The Balaban J connectivity index is 1.11. The van der Waals surface area contributed by atoms with Gasteiger partial charge in [-0.2, -0.15) is 0 Å². The van der Waals surface area contributed by atoms with Crippen LogP contribution in [0.4, 0.5) is 0 Å². The predicted octanol–water partition coefficient (Wildman–Crippen LogP) is 15.0. The number of allylic oxidation sites excluding steroid dienone is 16. The summed E-state index contributed by atoms with van der Waals surface area (Å²) in [6, 6.07) is 46.4. The van der Waals surface area contributed by atoms with Crippen molar-refractivity contribution in [1.82, 2.24) is 9.97 Å². The molecule has 0 saturated heterocycles. The molecule has 1 aromatic heterocycles. The van der Waals surface area contributed by atoms with Gasteiger partial charge in [-0.05, 0) is 106 Å². The maximum Gasteiger partial charge on any atom is 0.189 e. The summed E-state index contributed by atoms with van der Waals surface area (Å²) in [5.74, 6) is 0.918. The lowest BCUT2D eigenvalue weighted by molar-refractivity contribution is 0.103. The summed E-state index contributed by atoms with van der Waals surface area (Å²) < 4.78 is 0. The fourth-order valence-electron chi connectivity index (χ4n) is 9.18. The Bertz CT molecular complexity index is 2900. The van der Waals surface area contributed by atoms with E-state index in [0.717, 1.165) is 105 Å². The second kappa shape index (κ2) is 17.8. The monoisotopic (exact) mass is 800 g/mol. The van der Waals surface area contributed by atoms with Gasteiger partial charge in [-0.15, -0.1) is 0 Å². The number of benzene rings is 5. The minimum absolute atomic E-state index is 0.0328. The van der Waals surface area contributed by atoms with E-state index in [1.54, 1.807) is 0 Å². The Morgan fingerprint density at radius 3 is 1.90 bits per heavy atom. The van der Waals surface area contributed by atoms with E-state index in [1.165, 1.54) is 11.1 Å². The van der Waals surface area contributed by atoms with Crippen LogP contribution >= 0.6 is 0 Å². The Hall–Kier alpha value is -7.23. The van der Waals surface area contributed by atoms with E-state index < -0.39 is 0 Å². The Labute approximate surface area is 365 Å². The van der Waals surface area contributed by atoms with E-state index in [-0.39, 0.29) is 17.6 Å². The normalized spacial score (nSPS) is 18.1. The molecule has 300 valence electrons. The van der Waals surface area contributed by atoms with Gasteiger partial charge in [0.15, 0.2) is 11.6 Å². The highest BCUT2D eigenvalue weighted by atomic mass is 16.1. The molecule has 62 heavy (non-hydrogen) atoms. The fourth-order valence-corrected chi connectivity index (χ4v) is 9.18. The first-order valence-electron chi connectivity index (χ1n) is 22.0. The standard InChI is InChI=1S/C59H48N2O/c62-58(53-37-49(41-20-7-1-8-21-41)35-50(38-53)42-22-9-2-10-23-42)54-39-51(43-24-11-3-12-25-43)36-52(40-54)47-32-19-33-48(34-47)55-56(44-26-13-4-14-27-44)60-59(46-30-17-6-18-31-46)61-57(55)45-28-15-5-16-29-45/h1,3-4,6-9,11-15,17-26,28-36,38-40,44,50H,2,5,10,16,27,37H2. The molecule has 0 bridgehead atoms. The Kier molecular flexibility index (Phi) is 11.2. The van der Waals surface area contributed by atoms with E-state index in [0.29, 0.717) is 12.0 Å². The molecule has 10 rings (SSSR count). The molecule has 0 amide bonds. The second-order valence-electron chi connectivity index (χ2n) is 16.5. The van der Waals surface area contributed by atoms with Crippen LogP contribution in [0.15, 0.2) is 218 Å². The van der Waals surface area contributed by atoms with Crippen LogP contribution in [0.1, 0.15) is 71.8 Å². The number of aromatic nitrogens is 2. The number of rotatable bonds is 10. The highest BCUT2D eigenvalue weighted by molar-refractivity contribution is 6.11. The lowest BCUT2D eigenvalue weighted by atomic mass is 9.80. The molecule has 5 aromatic carbocycles. The number of hydrogen-bond acceptors (Lipinski definition) is 3. The van der Waals surface area contributed by atoms with Crippen LogP contribution in [0, 0.1) is 5.92 Å². The van der Waals surface area contributed by atoms with Crippen molar-refractivity contribution in [1.29, 1.82) is 0 Å². The van der Waals surface area contributed by atoms with Gasteiger partial charge in [-0.25, -0.2) is 9.97 Å². The van der Waals surface area contributed by atoms with Gasteiger partial charge in [0.05, 0.1) is 11.4 Å². The summed E-state index contributed by atoms with van der Waals surface area (Å²) in [5, 5.41) is 0. The van der Waals surface area contributed by atoms with Crippen molar-refractivity contribution < 1.29 is 4.79 Å². The maximum absolute atomic E-state index is 15.1. The maximum atomic E-state index is 15.1. The molecule has 1 heterocycles. The van der Waals surface area contributed by atoms with Crippen LogP contribution in [0.3, 0.4) is 0 Å². The van der Waals surface area contributed by atoms with Crippen molar-refractivity contribution in [2.75, 3.05) is 0 Å². The van der Waals surface area contributed by atoms with Crippen LogP contribution in [0.25, 0.3) is 55.9 Å². The van der Waals surface area contributed by atoms with Crippen LogP contribution in [-0.2, 0) is 0 Å². The molecule has 0 radical (unpaired) electrons. The van der Waals surface area contributed by atoms with E-state index in [1.807, 2.05) is 18.2 Å². The zero-order valence-corrected chi connectivity index (χ0v) is 34.8. The molecular weight excluding hydrogens is 753 g/mol. The van der Waals surface area contributed by atoms with Crippen molar-refractivity contribution >= 4 is 16.9 Å². The topological polar surface area (TPSA) is 42.9 Å². The first-order chi connectivity index (χ1) is 30.6. The molecule has 3 heteroatoms. The van der Waals surface area contributed by atoms with E-state index in [2.05, 4.69) is 188 Å². The molecule has 0 saturated carbocycles. The third kappa shape index (κ3) is 8.27. The molecular formula is C59H48N2O. The minimum atomic E-state index is 0.0328.